The molecule has 0 radical (unpaired) electrons. The molecule has 1 heterocycles. The van der Waals surface area contributed by atoms with Gasteiger partial charge in [-0.25, -0.2) is 0 Å². The van der Waals surface area contributed by atoms with E-state index in [9.17, 15) is 14.7 Å². The summed E-state index contributed by atoms with van der Waals surface area (Å²) in [6.45, 7) is 1.81. The van der Waals surface area contributed by atoms with E-state index in [1.54, 1.807) is 26.1 Å². The Hall–Kier alpha value is 0.306. The second-order valence-corrected chi connectivity index (χ2v) is 4.38. The van der Waals surface area contributed by atoms with Gasteiger partial charge in [-0.1, -0.05) is 29.8 Å². The quantitative estimate of drug-likeness (QED) is 0.360. The predicted molar refractivity (Wildman–Crippen MR) is 63.5 cm³/mol. The van der Waals surface area contributed by atoms with Gasteiger partial charge in [0.05, 0.1) is 5.97 Å². The van der Waals surface area contributed by atoms with Gasteiger partial charge in [-0.05, 0) is 24.5 Å². The summed E-state index contributed by atoms with van der Waals surface area (Å²) in [7, 11) is 1.68. The first-order valence-corrected chi connectivity index (χ1v) is 5.45. The minimum Gasteiger partial charge on any atom is -0.545 e. The minimum absolute atomic E-state index is 0. The Morgan fingerprint density at radius 3 is 2.35 bits per heavy atom. The molecular weight excluding hydrogens is 289 g/mol. The third-order valence-electron chi connectivity index (χ3n) is 1.31. The van der Waals surface area contributed by atoms with Crippen molar-refractivity contribution in [1.82, 2.24) is 3.96 Å². The topological polar surface area (TPSA) is 62.1 Å². The smallest absolute Gasteiger partial charge is 0.545 e. The Kier molecular flexibility index (Phi) is 13.2. The number of aryl methyl sites for hydroxylation is 1. The van der Waals surface area contributed by atoms with E-state index in [4.69, 9.17) is 11.6 Å². The number of hydrogen-bond donors (Lipinski definition) is 0. The van der Waals surface area contributed by atoms with Crippen molar-refractivity contribution in [2.45, 2.75) is 6.92 Å². The number of aliphatic carboxylic acids is 1. The number of aromatic nitrogens is 1. The molecule has 88 valence electrons. The number of carbonyl (C=O) groups excluding carboxylic acids is 1. The molecule has 0 aliphatic carbocycles. The molecule has 0 bridgehead atoms. The van der Waals surface area contributed by atoms with Gasteiger partial charge in [0.1, 0.15) is 4.34 Å². The van der Waals surface area contributed by atoms with E-state index in [0.29, 0.717) is 4.34 Å². The van der Waals surface area contributed by atoms with Crippen LogP contribution in [-0.4, -0.2) is 9.93 Å². The molecule has 0 unspecified atom stereocenters. The Morgan fingerprint density at radius 2 is 2.12 bits per heavy atom. The fraction of sp³-hybridized carbons (Fsp3) is 0.200. The molecule has 0 aromatic carbocycles. The van der Waals surface area contributed by atoms with E-state index in [-0.39, 0.29) is 56.9 Å². The van der Waals surface area contributed by atoms with E-state index in [1.165, 1.54) is 27.6 Å². The van der Waals surface area contributed by atoms with Crippen LogP contribution in [0.15, 0.2) is 35.2 Å². The van der Waals surface area contributed by atoms with Crippen LogP contribution in [0.25, 0.3) is 0 Å². The molecule has 0 saturated carbocycles. The van der Waals surface area contributed by atoms with Crippen molar-refractivity contribution in [2.24, 2.45) is 7.05 Å². The third-order valence-corrected chi connectivity index (χ3v) is 2.37. The van der Waals surface area contributed by atoms with Gasteiger partial charge in [-0.3, -0.25) is 8.75 Å². The third kappa shape index (κ3) is 11.1. The van der Waals surface area contributed by atoms with Gasteiger partial charge in [-0.15, -0.1) is 0 Å². The van der Waals surface area contributed by atoms with Crippen LogP contribution in [0.5, 0.6) is 0 Å². The second kappa shape index (κ2) is 11.4. The van der Waals surface area contributed by atoms with Crippen molar-refractivity contribution in [1.29, 1.82) is 0 Å². The van der Waals surface area contributed by atoms with Gasteiger partial charge < -0.3 is 9.90 Å². The Morgan fingerprint density at radius 1 is 1.53 bits per heavy atom. The van der Waals surface area contributed by atoms with Gasteiger partial charge in [0.25, 0.3) is 5.56 Å². The molecule has 0 N–H and O–H groups in total. The molecule has 4 nitrogen and oxygen atoms in total. The monoisotopic (exact) mass is 299 g/mol. The number of rotatable bonds is 2. The van der Waals surface area contributed by atoms with Gasteiger partial charge in [0, 0.05) is 13.1 Å². The van der Waals surface area contributed by atoms with Gasteiger partial charge >= 0.3 is 51.4 Å². The normalized spacial score (nSPS) is 9.82. The van der Waals surface area contributed by atoms with E-state index < -0.39 is 5.97 Å². The van der Waals surface area contributed by atoms with E-state index >= 15 is 0 Å². The zero-order valence-corrected chi connectivity index (χ0v) is 14.5. The molecule has 1 rings (SSSR count). The van der Waals surface area contributed by atoms with Crippen LogP contribution >= 0.6 is 23.1 Å². The van der Waals surface area contributed by atoms with Crippen LogP contribution in [0.1, 0.15) is 6.92 Å². The number of allylic oxidation sites excluding steroid dienone is 3. The number of hydrogen-bond acceptors (Lipinski definition) is 4. The molecule has 0 amide bonds. The fourth-order valence-electron chi connectivity index (χ4n) is 0.635. The first kappa shape index (κ1) is 19.6. The van der Waals surface area contributed by atoms with Crippen LogP contribution in [-0.2, 0) is 11.8 Å². The minimum atomic E-state index is -1.16. The number of carboxylic acids is 1. The molecule has 17 heavy (non-hydrogen) atoms. The summed E-state index contributed by atoms with van der Waals surface area (Å²) in [6, 6.07) is 1.40. The second-order valence-electron chi connectivity index (χ2n) is 2.58. The maximum Gasteiger partial charge on any atom is 1.00 e. The molecule has 0 aliphatic heterocycles. The van der Waals surface area contributed by atoms with Crippen molar-refractivity contribution >= 4 is 29.1 Å². The largest absolute Gasteiger partial charge is 1.00 e. The summed E-state index contributed by atoms with van der Waals surface area (Å²) in [4.78, 5) is 20.2. The summed E-state index contributed by atoms with van der Waals surface area (Å²) < 4.78 is 2.01. The molecule has 0 spiro atoms. The van der Waals surface area contributed by atoms with Crippen molar-refractivity contribution < 1.29 is 61.3 Å². The fourth-order valence-corrected chi connectivity index (χ4v) is 1.60. The summed E-state index contributed by atoms with van der Waals surface area (Å²) >= 11 is 6.70. The number of nitrogens with zero attached hydrogens (tertiary/aromatic N) is 1. The number of halogens is 1. The maximum atomic E-state index is 10.5. The predicted octanol–water partition coefficient (Wildman–Crippen LogP) is -2.03. The summed E-state index contributed by atoms with van der Waals surface area (Å²) in [5, 5.41) is 9.64. The molecule has 0 aliphatic rings. The summed E-state index contributed by atoms with van der Waals surface area (Å²) in [5.74, 6) is -1.16. The Balaban J connectivity index is 0. The van der Waals surface area contributed by atoms with Crippen LogP contribution < -0.4 is 62.1 Å². The van der Waals surface area contributed by atoms with E-state index in [2.05, 4.69) is 0 Å². The SMILES string of the molecule is C/C=C/C=C/C(=O)[O-].Cn1sc(Cl)cc1=O.[K+]. The number of carbonyl (C=O) groups is 1. The zero-order chi connectivity index (χ0) is 12.6. The van der Waals surface area contributed by atoms with Gasteiger partial charge in [-0.2, -0.15) is 0 Å². The molecule has 0 saturated heterocycles. The summed E-state index contributed by atoms with van der Waals surface area (Å²) in [5.41, 5.74) is -0.0417. The molecule has 1 aromatic heterocycles. The van der Waals surface area contributed by atoms with E-state index in [0.717, 1.165) is 6.08 Å². The molecule has 0 atom stereocenters. The van der Waals surface area contributed by atoms with Gasteiger partial charge in [0.2, 0.25) is 0 Å². The van der Waals surface area contributed by atoms with Crippen LogP contribution in [0, 0.1) is 0 Å². The van der Waals surface area contributed by atoms with Gasteiger partial charge in [0.15, 0.2) is 0 Å². The first-order chi connectivity index (χ1) is 7.47. The average Bonchev–Trinajstić information content (AvgIpc) is 2.45. The van der Waals surface area contributed by atoms with Crippen LogP contribution in [0.2, 0.25) is 4.34 Å². The van der Waals surface area contributed by atoms with Crippen molar-refractivity contribution in [2.75, 3.05) is 0 Å². The van der Waals surface area contributed by atoms with Crippen LogP contribution in [0.3, 0.4) is 0 Å². The maximum absolute atomic E-state index is 10.5. The Labute approximate surface area is 151 Å². The molecule has 0 fully saturated rings. The molecule has 1 aromatic rings. The molecular formula is C10H11ClKNO3S. The Bertz CT molecular complexity index is 451. The molecule has 7 heteroatoms. The first-order valence-electron chi connectivity index (χ1n) is 4.30. The van der Waals surface area contributed by atoms with Crippen LogP contribution in [0.4, 0.5) is 0 Å². The zero-order valence-electron chi connectivity index (χ0n) is 9.84. The van der Waals surface area contributed by atoms with Crippen molar-refractivity contribution in [3.63, 3.8) is 0 Å². The standard InChI is InChI=1S/C6H8O2.C4H4ClNOS.K/c1-2-3-4-5-6(7)8;1-6-4(7)2-3(5)8-6;/h2-5H,1H3,(H,7,8);2H,1H3;/q;;+1/p-1/b3-2+,5-4+;;. The van der Waals surface area contributed by atoms with Crippen molar-refractivity contribution in [3.8, 4) is 0 Å². The summed E-state index contributed by atoms with van der Waals surface area (Å²) in [6.07, 6.45) is 5.74. The van der Waals surface area contributed by atoms with E-state index in [1.807, 2.05) is 0 Å². The average molecular weight is 300 g/mol. The van der Waals surface area contributed by atoms with Crippen molar-refractivity contribution in [3.05, 3.63) is 45.1 Å². The number of carboxylic acid groups (broad SMARTS) is 1.